The maximum Gasteiger partial charge on any atom is 0.0471 e. The predicted molar refractivity (Wildman–Crippen MR) is 58.6 cm³/mol. The van der Waals surface area contributed by atoms with Gasteiger partial charge in [0.1, 0.15) is 0 Å². The zero-order valence-corrected chi connectivity index (χ0v) is 9.06. The highest BCUT2D eigenvalue weighted by Crippen LogP contribution is 2.20. The van der Waals surface area contributed by atoms with E-state index in [1.807, 2.05) is 0 Å². The Morgan fingerprint density at radius 3 is 2.54 bits per heavy atom. The summed E-state index contributed by atoms with van der Waals surface area (Å²) in [4.78, 5) is 0. The molecule has 1 unspecified atom stereocenters. The van der Waals surface area contributed by atoms with Gasteiger partial charge in [-0.2, -0.15) is 0 Å². The van der Waals surface area contributed by atoms with E-state index in [-0.39, 0.29) is 0 Å². The van der Waals surface area contributed by atoms with E-state index in [0.29, 0.717) is 6.04 Å². The van der Waals surface area contributed by atoms with Gasteiger partial charge in [0, 0.05) is 12.2 Å². The minimum atomic E-state index is 0.602. The monoisotopic (exact) mass is 179 g/mol. The van der Waals surface area contributed by atoms with E-state index in [0.717, 1.165) is 6.42 Å². The Morgan fingerprint density at radius 2 is 2.00 bits per heavy atom. The van der Waals surface area contributed by atoms with Gasteiger partial charge in [0.05, 0.1) is 0 Å². The van der Waals surface area contributed by atoms with E-state index >= 15 is 0 Å². The summed E-state index contributed by atoms with van der Waals surface area (Å²) in [6, 6.07) is 0.602. The maximum atomic E-state index is 3.49. The molecule has 1 aliphatic rings. The van der Waals surface area contributed by atoms with Crippen molar-refractivity contribution in [1.29, 1.82) is 0 Å². The van der Waals surface area contributed by atoms with Gasteiger partial charge in [0.25, 0.3) is 0 Å². The lowest BCUT2D eigenvalue weighted by Crippen LogP contribution is -2.29. The molecule has 0 fully saturated rings. The highest BCUT2D eigenvalue weighted by molar-refractivity contribution is 5.30. The molecule has 0 aliphatic carbocycles. The van der Waals surface area contributed by atoms with Crippen LogP contribution < -0.4 is 5.32 Å². The van der Waals surface area contributed by atoms with Crippen LogP contribution in [0, 0.1) is 0 Å². The van der Waals surface area contributed by atoms with Gasteiger partial charge in [-0.3, -0.25) is 0 Å². The van der Waals surface area contributed by atoms with E-state index in [2.05, 4.69) is 38.4 Å². The van der Waals surface area contributed by atoms with Crippen LogP contribution in [-0.2, 0) is 0 Å². The summed E-state index contributed by atoms with van der Waals surface area (Å²) in [7, 11) is 0. The first-order valence-corrected chi connectivity index (χ1v) is 5.47. The van der Waals surface area contributed by atoms with Crippen molar-refractivity contribution in [2.24, 2.45) is 0 Å². The lowest BCUT2D eigenvalue weighted by atomic mass is 9.95. The maximum absolute atomic E-state index is 3.49. The van der Waals surface area contributed by atoms with Gasteiger partial charge in [0.15, 0.2) is 0 Å². The molecule has 1 atom stereocenters. The smallest absolute Gasteiger partial charge is 0.0471 e. The highest BCUT2D eigenvalue weighted by atomic mass is 14.9. The predicted octanol–water partition coefficient (Wildman–Crippen LogP) is 3.39. The molecule has 1 heterocycles. The van der Waals surface area contributed by atoms with Crippen molar-refractivity contribution in [3.63, 3.8) is 0 Å². The number of rotatable bonds is 4. The minimum absolute atomic E-state index is 0.602. The molecule has 0 saturated carbocycles. The summed E-state index contributed by atoms with van der Waals surface area (Å²) < 4.78 is 0. The summed E-state index contributed by atoms with van der Waals surface area (Å²) in [6.07, 6.45) is 9.37. The summed E-state index contributed by atoms with van der Waals surface area (Å²) in [5.74, 6) is 0. The van der Waals surface area contributed by atoms with Crippen molar-refractivity contribution < 1.29 is 0 Å². The molecule has 0 saturated heterocycles. The third-order valence-electron chi connectivity index (χ3n) is 2.68. The fraction of sp³-hybridized carbons (Fsp3) is 0.667. The van der Waals surface area contributed by atoms with Crippen LogP contribution in [0.5, 0.6) is 0 Å². The van der Waals surface area contributed by atoms with Crippen LogP contribution in [0.1, 0.15) is 46.5 Å². The summed E-state index contributed by atoms with van der Waals surface area (Å²) >= 11 is 0. The van der Waals surface area contributed by atoms with E-state index in [9.17, 15) is 0 Å². The van der Waals surface area contributed by atoms with Gasteiger partial charge in [0.2, 0.25) is 0 Å². The van der Waals surface area contributed by atoms with Gasteiger partial charge < -0.3 is 5.32 Å². The number of hydrogen-bond donors (Lipinski definition) is 1. The topological polar surface area (TPSA) is 12.0 Å². The molecular weight excluding hydrogens is 158 g/mol. The van der Waals surface area contributed by atoms with Crippen LogP contribution >= 0.6 is 0 Å². The number of hydrogen-bond acceptors (Lipinski definition) is 1. The Labute approximate surface area is 81.9 Å². The molecule has 0 aromatic rings. The van der Waals surface area contributed by atoms with Gasteiger partial charge in [-0.15, -0.1) is 0 Å². The van der Waals surface area contributed by atoms with Gasteiger partial charge in [-0.1, -0.05) is 33.3 Å². The van der Waals surface area contributed by atoms with Crippen LogP contribution in [-0.4, -0.2) is 6.04 Å². The van der Waals surface area contributed by atoms with Crippen LogP contribution in [0.15, 0.2) is 23.4 Å². The average molecular weight is 179 g/mol. The highest BCUT2D eigenvalue weighted by Gasteiger charge is 2.13. The SMILES string of the molecule is CCCC1NC=C(CC)C=C1CC. The molecule has 1 N–H and O–H groups in total. The Balaban J connectivity index is 2.65. The molecular formula is C12H21N. The van der Waals surface area contributed by atoms with Crippen molar-refractivity contribution in [2.45, 2.75) is 52.5 Å². The summed E-state index contributed by atoms with van der Waals surface area (Å²) in [6.45, 7) is 6.69. The molecule has 1 aliphatic heterocycles. The molecule has 0 spiro atoms. The quantitative estimate of drug-likeness (QED) is 0.697. The Morgan fingerprint density at radius 1 is 1.23 bits per heavy atom. The second kappa shape index (κ2) is 5.11. The molecule has 0 aromatic heterocycles. The number of nitrogens with one attached hydrogen (secondary N) is 1. The fourth-order valence-corrected chi connectivity index (χ4v) is 1.81. The van der Waals surface area contributed by atoms with E-state index in [1.54, 1.807) is 5.57 Å². The van der Waals surface area contributed by atoms with Crippen molar-refractivity contribution in [3.8, 4) is 0 Å². The second-order valence-electron chi connectivity index (χ2n) is 3.65. The molecule has 74 valence electrons. The van der Waals surface area contributed by atoms with Crippen LogP contribution in [0.4, 0.5) is 0 Å². The molecule has 13 heavy (non-hydrogen) atoms. The number of dihydropyridines is 1. The Kier molecular flexibility index (Phi) is 4.07. The molecule has 0 bridgehead atoms. The minimum Gasteiger partial charge on any atom is -0.384 e. The lowest BCUT2D eigenvalue weighted by molar-refractivity contribution is 0.575. The lowest BCUT2D eigenvalue weighted by Gasteiger charge is -2.24. The van der Waals surface area contributed by atoms with Crippen molar-refractivity contribution in [1.82, 2.24) is 5.32 Å². The molecule has 0 radical (unpaired) electrons. The average Bonchev–Trinajstić information content (AvgIpc) is 2.19. The Bertz CT molecular complexity index is 213. The first kappa shape index (κ1) is 10.4. The van der Waals surface area contributed by atoms with Crippen LogP contribution in [0.3, 0.4) is 0 Å². The van der Waals surface area contributed by atoms with Gasteiger partial charge in [-0.25, -0.2) is 0 Å². The second-order valence-corrected chi connectivity index (χ2v) is 3.65. The zero-order valence-electron chi connectivity index (χ0n) is 9.06. The third kappa shape index (κ3) is 2.61. The first-order valence-electron chi connectivity index (χ1n) is 5.47. The molecule has 0 aromatic carbocycles. The summed E-state index contributed by atoms with van der Waals surface area (Å²) in [5, 5.41) is 3.49. The van der Waals surface area contributed by atoms with E-state index in [4.69, 9.17) is 0 Å². The van der Waals surface area contributed by atoms with Crippen molar-refractivity contribution >= 4 is 0 Å². The number of allylic oxidation sites excluding steroid dienone is 2. The van der Waals surface area contributed by atoms with Crippen molar-refractivity contribution in [3.05, 3.63) is 23.4 Å². The molecule has 1 rings (SSSR count). The first-order chi connectivity index (χ1) is 6.31. The van der Waals surface area contributed by atoms with E-state index in [1.165, 1.54) is 24.8 Å². The van der Waals surface area contributed by atoms with Gasteiger partial charge in [-0.05, 0) is 30.4 Å². The Hall–Kier alpha value is -0.720. The van der Waals surface area contributed by atoms with Crippen LogP contribution in [0.2, 0.25) is 0 Å². The largest absolute Gasteiger partial charge is 0.384 e. The normalized spacial score (nSPS) is 21.9. The van der Waals surface area contributed by atoms with Crippen LogP contribution in [0.25, 0.3) is 0 Å². The zero-order chi connectivity index (χ0) is 9.68. The van der Waals surface area contributed by atoms with Gasteiger partial charge >= 0.3 is 0 Å². The molecule has 0 amide bonds. The fourth-order valence-electron chi connectivity index (χ4n) is 1.81. The van der Waals surface area contributed by atoms with E-state index < -0.39 is 0 Å². The molecule has 1 nitrogen and oxygen atoms in total. The summed E-state index contributed by atoms with van der Waals surface area (Å²) in [5.41, 5.74) is 3.01. The molecule has 1 heteroatoms. The standard InChI is InChI=1S/C12H21N/c1-4-7-12-11(6-3)8-10(5-2)9-13-12/h8-9,12-13H,4-7H2,1-3H3. The van der Waals surface area contributed by atoms with Crippen molar-refractivity contribution in [2.75, 3.05) is 0 Å². The third-order valence-corrected chi connectivity index (χ3v) is 2.68.